The lowest BCUT2D eigenvalue weighted by Gasteiger charge is -2.38. The molecule has 146 valence electrons. The van der Waals surface area contributed by atoms with E-state index in [-0.39, 0.29) is 36.4 Å². The highest BCUT2D eigenvalue weighted by Crippen LogP contribution is 2.32. The zero-order valence-corrected chi connectivity index (χ0v) is 18.2. The molecule has 26 heavy (non-hydrogen) atoms. The Labute approximate surface area is 173 Å². The molecule has 1 aliphatic rings. The number of methoxy groups -OCH3 is 1. The van der Waals surface area contributed by atoms with Crippen molar-refractivity contribution in [3.8, 4) is 0 Å². The molecule has 2 N–H and O–H groups in total. The Bertz CT molecular complexity index is 568. The lowest BCUT2D eigenvalue weighted by molar-refractivity contribution is -0.120. The second-order valence-electron chi connectivity index (χ2n) is 6.47. The number of likely N-dealkylation sites (tertiary alicyclic amines) is 1. The van der Waals surface area contributed by atoms with Crippen molar-refractivity contribution < 1.29 is 9.53 Å². The van der Waals surface area contributed by atoms with Crippen LogP contribution in [0.2, 0.25) is 0 Å². The maximum Gasteiger partial charge on any atom is 0.239 e. The van der Waals surface area contributed by atoms with Gasteiger partial charge < -0.3 is 20.3 Å². The Morgan fingerprint density at radius 3 is 2.65 bits per heavy atom. The van der Waals surface area contributed by atoms with Crippen LogP contribution in [0.25, 0.3) is 0 Å². The van der Waals surface area contributed by atoms with Crippen LogP contribution in [0, 0.1) is 5.92 Å². The van der Waals surface area contributed by atoms with E-state index in [1.165, 1.54) is 5.56 Å². The molecule has 1 heterocycles. The van der Waals surface area contributed by atoms with Crippen LogP contribution < -0.4 is 10.6 Å². The number of benzene rings is 1. The number of hydrogen-bond acceptors (Lipinski definition) is 3. The second kappa shape index (κ2) is 12.1. The summed E-state index contributed by atoms with van der Waals surface area (Å²) < 4.78 is 4.93. The number of hydrogen-bond donors (Lipinski definition) is 2. The average molecular weight is 474 g/mol. The van der Waals surface area contributed by atoms with Crippen molar-refractivity contribution in [1.82, 2.24) is 15.5 Å². The van der Waals surface area contributed by atoms with Crippen LogP contribution in [0.15, 0.2) is 35.3 Å². The molecule has 2 atom stereocenters. The standard InChI is InChI=1S/C19H30N4O2.HI/c1-15-14-23(11-9-17(15)16-7-5-4-6-8-16)19(20-2)22-13-18(24)21-10-12-25-3;/h4-8,15,17H,9-14H2,1-3H3,(H,20,22)(H,21,24);1H. The van der Waals surface area contributed by atoms with Gasteiger partial charge in [0, 0.05) is 33.8 Å². The van der Waals surface area contributed by atoms with E-state index in [4.69, 9.17) is 4.74 Å². The maximum absolute atomic E-state index is 11.8. The molecular formula is C19H31IN4O2. The monoisotopic (exact) mass is 474 g/mol. The van der Waals surface area contributed by atoms with E-state index in [0.717, 1.165) is 25.5 Å². The van der Waals surface area contributed by atoms with Gasteiger partial charge in [-0.05, 0) is 23.8 Å². The highest BCUT2D eigenvalue weighted by Gasteiger charge is 2.28. The Morgan fingerprint density at radius 1 is 1.31 bits per heavy atom. The van der Waals surface area contributed by atoms with Gasteiger partial charge in [0.25, 0.3) is 0 Å². The van der Waals surface area contributed by atoms with Gasteiger partial charge in [0.15, 0.2) is 5.96 Å². The summed E-state index contributed by atoms with van der Waals surface area (Å²) in [6.07, 6.45) is 1.09. The first kappa shape index (κ1) is 22.7. The third kappa shape index (κ3) is 6.75. The van der Waals surface area contributed by atoms with Gasteiger partial charge in [-0.3, -0.25) is 9.79 Å². The predicted octanol–water partition coefficient (Wildman–Crippen LogP) is 2.07. The van der Waals surface area contributed by atoms with Gasteiger partial charge in [-0.2, -0.15) is 0 Å². The summed E-state index contributed by atoms with van der Waals surface area (Å²) in [7, 11) is 3.38. The molecule has 1 amide bonds. The lowest BCUT2D eigenvalue weighted by Crippen LogP contribution is -2.50. The molecule has 6 nitrogen and oxygen atoms in total. The van der Waals surface area contributed by atoms with Crippen LogP contribution in [0.1, 0.15) is 24.8 Å². The minimum atomic E-state index is -0.0505. The summed E-state index contributed by atoms with van der Waals surface area (Å²) >= 11 is 0. The summed E-state index contributed by atoms with van der Waals surface area (Å²) in [6.45, 7) is 5.43. The van der Waals surface area contributed by atoms with Gasteiger partial charge in [-0.1, -0.05) is 37.3 Å². The smallest absolute Gasteiger partial charge is 0.239 e. The van der Waals surface area contributed by atoms with Crippen molar-refractivity contribution in [2.45, 2.75) is 19.3 Å². The summed E-state index contributed by atoms with van der Waals surface area (Å²) in [5, 5.41) is 5.97. The van der Waals surface area contributed by atoms with Crippen LogP contribution in [0.3, 0.4) is 0 Å². The topological polar surface area (TPSA) is 66.0 Å². The number of rotatable bonds is 6. The molecule has 0 spiro atoms. The van der Waals surface area contributed by atoms with Gasteiger partial charge in [0.1, 0.15) is 0 Å². The first-order valence-corrected chi connectivity index (χ1v) is 8.92. The Hall–Kier alpha value is -1.35. The Morgan fingerprint density at radius 2 is 2.04 bits per heavy atom. The van der Waals surface area contributed by atoms with Crippen molar-refractivity contribution in [3.63, 3.8) is 0 Å². The number of amides is 1. The van der Waals surface area contributed by atoms with Crippen molar-refractivity contribution in [2.75, 3.05) is 46.9 Å². The van der Waals surface area contributed by atoms with E-state index in [1.54, 1.807) is 14.2 Å². The quantitative estimate of drug-likeness (QED) is 0.287. The van der Waals surface area contributed by atoms with E-state index >= 15 is 0 Å². The van der Waals surface area contributed by atoms with Gasteiger partial charge >= 0.3 is 0 Å². The average Bonchev–Trinajstić information content (AvgIpc) is 2.63. The maximum atomic E-state index is 11.8. The number of guanidine groups is 1. The summed E-state index contributed by atoms with van der Waals surface area (Å²) in [5.41, 5.74) is 1.41. The zero-order valence-electron chi connectivity index (χ0n) is 15.9. The fourth-order valence-electron chi connectivity index (χ4n) is 3.38. The van der Waals surface area contributed by atoms with Crippen molar-refractivity contribution in [2.24, 2.45) is 10.9 Å². The number of carbonyl (C=O) groups is 1. The number of nitrogens with zero attached hydrogens (tertiary/aromatic N) is 2. The van der Waals surface area contributed by atoms with E-state index < -0.39 is 0 Å². The second-order valence-corrected chi connectivity index (χ2v) is 6.47. The van der Waals surface area contributed by atoms with E-state index in [0.29, 0.717) is 25.0 Å². The zero-order chi connectivity index (χ0) is 18.1. The molecule has 2 unspecified atom stereocenters. The minimum absolute atomic E-state index is 0. The summed E-state index contributed by atoms with van der Waals surface area (Å²) in [5.74, 6) is 1.85. The highest BCUT2D eigenvalue weighted by atomic mass is 127. The fourth-order valence-corrected chi connectivity index (χ4v) is 3.38. The number of halogens is 1. The first-order chi connectivity index (χ1) is 12.2. The van der Waals surface area contributed by atoms with Crippen LogP contribution >= 0.6 is 24.0 Å². The molecule has 0 aromatic heterocycles. The predicted molar refractivity (Wildman–Crippen MR) is 116 cm³/mol. The molecule has 1 fully saturated rings. The Balaban J connectivity index is 0.00000338. The fraction of sp³-hybridized carbons (Fsp3) is 0.579. The van der Waals surface area contributed by atoms with E-state index in [2.05, 4.69) is 57.8 Å². The van der Waals surface area contributed by atoms with Gasteiger partial charge in [-0.15, -0.1) is 24.0 Å². The van der Waals surface area contributed by atoms with Crippen molar-refractivity contribution in [1.29, 1.82) is 0 Å². The minimum Gasteiger partial charge on any atom is -0.383 e. The molecule has 0 bridgehead atoms. The highest BCUT2D eigenvalue weighted by molar-refractivity contribution is 14.0. The van der Waals surface area contributed by atoms with Crippen molar-refractivity contribution >= 4 is 35.8 Å². The molecule has 1 aromatic carbocycles. The summed E-state index contributed by atoms with van der Waals surface area (Å²) in [6, 6.07) is 10.7. The van der Waals surface area contributed by atoms with Crippen LogP contribution in [-0.4, -0.2) is 63.7 Å². The van der Waals surface area contributed by atoms with Crippen LogP contribution in [0.4, 0.5) is 0 Å². The number of nitrogens with one attached hydrogen (secondary N) is 2. The number of ether oxygens (including phenoxy) is 1. The summed E-state index contributed by atoms with van der Waals surface area (Å²) in [4.78, 5) is 18.4. The van der Waals surface area contributed by atoms with Crippen molar-refractivity contribution in [3.05, 3.63) is 35.9 Å². The van der Waals surface area contributed by atoms with E-state index in [1.807, 2.05) is 0 Å². The third-order valence-corrected chi connectivity index (χ3v) is 4.68. The lowest BCUT2D eigenvalue weighted by atomic mass is 9.82. The molecule has 7 heteroatoms. The molecule has 0 radical (unpaired) electrons. The van der Waals surface area contributed by atoms with Gasteiger partial charge in [0.05, 0.1) is 13.2 Å². The Kier molecular flexibility index (Phi) is 10.6. The van der Waals surface area contributed by atoms with Crippen LogP contribution in [-0.2, 0) is 9.53 Å². The van der Waals surface area contributed by atoms with Crippen LogP contribution in [0.5, 0.6) is 0 Å². The molecule has 1 saturated heterocycles. The molecule has 0 aliphatic carbocycles. The number of aliphatic imine (C=N–C) groups is 1. The molecule has 1 aromatic rings. The third-order valence-electron chi connectivity index (χ3n) is 4.68. The first-order valence-electron chi connectivity index (χ1n) is 8.92. The molecular weight excluding hydrogens is 443 g/mol. The normalized spacial score (nSPS) is 20.3. The molecule has 2 rings (SSSR count). The largest absolute Gasteiger partial charge is 0.383 e. The number of piperidine rings is 1. The molecule has 1 aliphatic heterocycles. The van der Waals surface area contributed by atoms with Gasteiger partial charge in [0.2, 0.25) is 5.91 Å². The van der Waals surface area contributed by atoms with Gasteiger partial charge in [-0.25, -0.2) is 0 Å². The SMILES string of the molecule is CN=C(NCC(=O)NCCOC)N1CCC(c2ccccc2)C(C)C1.I. The number of carbonyl (C=O) groups excluding carboxylic acids is 1. The molecule has 0 saturated carbocycles. The van der Waals surface area contributed by atoms with E-state index in [9.17, 15) is 4.79 Å².